The van der Waals surface area contributed by atoms with Gasteiger partial charge in [-0.3, -0.25) is 9.59 Å². The van der Waals surface area contributed by atoms with Gasteiger partial charge in [0.2, 0.25) is 5.76 Å². The number of ether oxygens (including phenoxy) is 2. The number of hydrogen-bond acceptors (Lipinski definition) is 5. The van der Waals surface area contributed by atoms with Gasteiger partial charge in [-0.15, -0.1) is 0 Å². The summed E-state index contributed by atoms with van der Waals surface area (Å²) < 4.78 is 17.2. The second-order valence-corrected chi connectivity index (χ2v) is 8.85. The normalized spacial score (nSPS) is 15.0. The molecule has 1 amide bonds. The highest BCUT2D eigenvalue weighted by Crippen LogP contribution is 2.39. The van der Waals surface area contributed by atoms with Gasteiger partial charge in [0.1, 0.15) is 17.9 Å². The van der Waals surface area contributed by atoms with Crippen LogP contribution in [0.5, 0.6) is 5.75 Å². The molecule has 2 heterocycles. The highest BCUT2D eigenvalue weighted by Gasteiger charge is 2.42. The molecule has 0 radical (unpaired) electrons. The molecule has 178 valence electrons. The molecule has 1 unspecified atom stereocenters. The molecular weight excluding hydrogens is 466 g/mol. The van der Waals surface area contributed by atoms with Gasteiger partial charge in [0, 0.05) is 25.3 Å². The number of halogens is 1. The number of amides is 1. The molecule has 4 aromatic rings. The summed E-state index contributed by atoms with van der Waals surface area (Å²) in [5.41, 5.74) is 2.22. The summed E-state index contributed by atoms with van der Waals surface area (Å²) in [7, 11) is 1.62. The first-order valence-electron chi connectivity index (χ1n) is 11.4. The zero-order valence-electron chi connectivity index (χ0n) is 19.2. The molecular formula is C28H24ClNO5. The molecule has 0 N–H and O–H groups in total. The third-order valence-corrected chi connectivity index (χ3v) is 6.33. The van der Waals surface area contributed by atoms with Gasteiger partial charge in [0.15, 0.2) is 5.43 Å². The molecule has 1 aliphatic rings. The molecule has 0 spiro atoms. The topological polar surface area (TPSA) is 69.0 Å². The van der Waals surface area contributed by atoms with Crippen molar-refractivity contribution in [2.75, 3.05) is 20.3 Å². The van der Waals surface area contributed by atoms with Crippen molar-refractivity contribution in [2.45, 2.75) is 19.1 Å². The molecule has 5 rings (SSSR count). The minimum atomic E-state index is -0.603. The molecule has 1 atom stereocenters. The van der Waals surface area contributed by atoms with Crippen LogP contribution in [0.2, 0.25) is 5.02 Å². The zero-order chi connectivity index (χ0) is 24.4. The highest BCUT2D eigenvalue weighted by molar-refractivity contribution is 6.31. The van der Waals surface area contributed by atoms with Crippen LogP contribution in [-0.4, -0.2) is 31.1 Å². The van der Waals surface area contributed by atoms with Crippen LogP contribution in [0, 0.1) is 0 Å². The van der Waals surface area contributed by atoms with Crippen molar-refractivity contribution in [3.63, 3.8) is 0 Å². The summed E-state index contributed by atoms with van der Waals surface area (Å²) in [6.45, 7) is 1.31. The molecule has 35 heavy (non-hydrogen) atoms. The van der Waals surface area contributed by atoms with E-state index in [0.29, 0.717) is 53.5 Å². The second-order valence-electron chi connectivity index (χ2n) is 8.41. The smallest absolute Gasteiger partial charge is 0.290 e. The van der Waals surface area contributed by atoms with E-state index in [4.69, 9.17) is 25.5 Å². The van der Waals surface area contributed by atoms with Crippen molar-refractivity contribution in [3.8, 4) is 5.75 Å². The molecule has 3 aromatic carbocycles. The van der Waals surface area contributed by atoms with E-state index in [0.717, 1.165) is 11.1 Å². The van der Waals surface area contributed by atoms with E-state index >= 15 is 0 Å². The minimum absolute atomic E-state index is 0.0721. The summed E-state index contributed by atoms with van der Waals surface area (Å²) in [5, 5.41) is 0.781. The molecule has 0 fully saturated rings. The second kappa shape index (κ2) is 9.94. The molecule has 0 bridgehead atoms. The Balaban J connectivity index is 1.57. The zero-order valence-corrected chi connectivity index (χ0v) is 20.0. The van der Waals surface area contributed by atoms with Crippen molar-refractivity contribution < 1.29 is 18.7 Å². The van der Waals surface area contributed by atoms with Crippen LogP contribution in [0.3, 0.4) is 0 Å². The van der Waals surface area contributed by atoms with Crippen molar-refractivity contribution >= 4 is 28.5 Å². The van der Waals surface area contributed by atoms with E-state index in [9.17, 15) is 9.59 Å². The fraction of sp³-hybridized carbons (Fsp3) is 0.214. The van der Waals surface area contributed by atoms with Crippen molar-refractivity contribution in [2.24, 2.45) is 0 Å². The van der Waals surface area contributed by atoms with Gasteiger partial charge >= 0.3 is 0 Å². The SMILES string of the molecule is COCCCN1C(=O)c2oc3ccc(Cl)cc3c(=O)c2C1c1cccc(OCc2ccccc2)c1. The number of fused-ring (bicyclic) bond motifs is 2. The van der Waals surface area contributed by atoms with E-state index in [-0.39, 0.29) is 17.1 Å². The van der Waals surface area contributed by atoms with Gasteiger partial charge in [-0.25, -0.2) is 0 Å². The standard InChI is InChI=1S/C28H24ClNO5/c1-33-14-6-13-30-25(19-9-5-10-21(15-19)34-17-18-7-3-2-4-8-18)24-26(31)22-16-20(29)11-12-23(22)35-27(24)28(30)32/h2-5,7-12,15-16,25H,6,13-14,17H2,1H3. The minimum Gasteiger partial charge on any atom is -0.489 e. The predicted octanol–water partition coefficient (Wildman–Crippen LogP) is 5.61. The number of rotatable bonds is 8. The quantitative estimate of drug-likeness (QED) is 0.301. The number of carbonyl (C=O) groups excluding carboxylic acids is 1. The first kappa shape index (κ1) is 23.1. The summed E-state index contributed by atoms with van der Waals surface area (Å²) in [5.74, 6) is 0.408. The number of hydrogen-bond donors (Lipinski definition) is 0. The lowest BCUT2D eigenvalue weighted by molar-refractivity contribution is 0.0707. The summed E-state index contributed by atoms with van der Waals surface area (Å²) in [6, 6.07) is 21.6. The van der Waals surface area contributed by atoms with Crippen LogP contribution >= 0.6 is 11.6 Å². The highest BCUT2D eigenvalue weighted by atomic mass is 35.5. The van der Waals surface area contributed by atoms with Crippen molar-refractivity contribution in [1.82, 2.24) is 4.90 Å². The third kappa shape index (κ3) is 4.55. The maximum absolute atomic E-state index is 13.6. The Morgan fingerprint density at radius 3 is 2.63 bits per heavy atom. The van der Waals surface area contributed by atoms with Gasteiger partial charge in [-0.1, -0.05) is 54.1 Å². The molecule has 0 saturated carbocycles. The lowest BCUT2D eigenvalue weighted by Gasteiger charge is -2.25. The maximum Gasteiger partial charge on any atom is 0.290 e. The van der Waals surface area contributed by atoms with Crippen LogP contribution in [-0.2, 0) is 11.3 Å². The van der Waals surface area contributed by atoms with Crippen LogP contribution in [0.15, 0.2) is 82.0 Å². The van der Waals surface area contributed by atoms with Gasteiger partial charge in [0.05, 0.1) is 17.0 Å². The van der Waals surface area contributed by atoms with Crippen LogP contribution in [0.1, 0.15) is 39.7 Å². The molecule has 7 heteroatoms. The Morgan fingerprint density at radius 2 is 1.83 bits per heavy atom. The maximum atomic E-state index is 13.6. The molecule has 1 aromatic heterocycles. The van der Waals surface area contributed by atoms with Crippen molar-refractivity contribution in [1.29, 1.82) is 0 Å². The Morgan fingerprint density at radius 1 is 1.00 bits per heavy atom. The molecule has 0 saturated heterocycles. The van der Waals surface area contributed by atoms with E-state index in [1.807, 2.05) is 54.6 Å². The Hall–Kier alpha value is -3.61. The van der Waals surface area contributed by atoms with Gasteiger partial charge in [-0.05, 0) is 47.9 Å². The van der Waals surface area contributed by atoms with E-state index in [1.165, 1.54) is 0 Å². The predicted molar refractivity (Wildman–Crippen MR) is 134 cm³/mol. The summed E-state index contributed by atoms with van der Waals surface area (Å²) >= 11 is 6.15. The first-order valence-corrected chi connectivity index (χ1v) is 11.8. The van der Waals surface area contributed by atoms with E-state index in [2.05, 4.69) is 0 Å². The lowest BCUT2D eigenvalue weighted by atomic mass is 9.98. The fourth-order valence-electron chi connectivity index (χ4n) is 4.46. The van der Waals surface area contributed by atoms with Gasteiger partial charge in [0.25, 0.3) is 5.91 Å². The summed E-state index contributed by atoms with van der Waals surface area (Å²) in [4.78, 5) is 28.7. The Labute approximate surface area is 207 Å². The number of carbonyl (C=O) groups is 1. The summed E-state index contributed by atoms with van der Waals surface area (Å²) in [6.07, 6.45) is 0.621. The van der Waals surface area contributed by atoms with Crippen LogP contribution in [0.4, 0.5) is 0 Å². The molecule has 1 aliphatic heterocycles. The number of nitrogens with zero attached hydrogens (tertiary/aromatic N) is 1. The largest absolute Gasteiger partial charge is 0.489 e. The van der Waals surface area contributed by atoms with Crippen LogP contribution < -0.4 is 10.2 Å². The Bertz CT molecular complexity index is 1430. The average molecular weight is 490 g/mol. The van der Waals surface area contributed by atoms with Gasteiger partial charge in [-0.2, -0.15) is 0 Å². The van der Waals surface area contributed by atoms with E-state index < -0.39 is 6.04 Å². The molecule has 6 nitrogen and oxygen atoms in total. The third-order valence-electron chi connectivity index (χ3n) is 6.10. The average Bonchev–Trinajstić information content (AvgIpc) is 3.16. The molecule has 0 aliphatic carbocycles. The monoisotopic (exact) mass is 489 g/mol. The Kier molecular flexibility index (Phi) is 6.57. The van der Waals surface area contributed by atoms with Crippen molar-refractivity contribution in [3.05, 3.63) is 110 Å². The fourth-order valence-corrected chi connectivity index (χ4v) is 4.64. The lowest BCUT2D eigenvalue weighted by Crippen LogP contribution is -2.31. The first-order chi connectivity index (χ1) is 17.1. The number of benzene rings is 3. The van der Waals surface area contributed by atoms with Crippen LogP contribution in [0.25, 0.3) is 11.0 Å². The van der Waals surface area contributed by atoms with E-state index in [1.54, 1.807) is 30.2 Å². The van der Waals surface area contributed by atoms with Gasteiger partial charge < -0.3 is 18.8 Å². The number of methoxy groups -OCH3 is 1.